The Hall–Kier alpha value is -2.56. The van der Waals surface area contributed by atoms with Crippen LogP contribution in [0.5, 0.6) is 11.5 Å². The van der Waals surface area contributed by atoms with E-state index in [2.05, 4.69) is 5.32 Å². The highest BCUT2D eigenvalue weighted by atomic mass is 19.1. The number of carbonyl (C=O) groups is 1. The zero-order chi connectivity index (χ0) is 17.9. The molecule has 25 heavy (non-hydrogen) atoms. The smallest absolute Gasteiger partial charge is 0.231 e. The molecule has 0 atom stereocenters. The Labute approximate surface area is 147 Å². The van der Waals surface area contributed by atoms with E-state index in [1.807, 2.05) is 12.1 Å². The van der Waals surface area contributed by atoms with E-state index >= 15 is 0 Å². The molecule has 0 bridgehead atoms. The molecule has 1 aliphatic rings. The summed E-state index contributed by atoms with van der Waals surface area (Å²) < 4.78 is 24.7. The zero-order valence-corrected chi connectivity index (χ0v) is 14.5. The number of benzene rings is 2. The molecule has 1 fully saturated rings. The molecule has 132 valence electrons. The number of ether oxygens (including phenoxy) is 2. The second-order valence-electron chi connectivity index (χ2n) is 6.29. The van der Waals surface area contributed by atoms with E-state index in [9.17, 15) is 9.18 Å². The fourth-order valence-electron chi connectivity index (χ4n) is 3.34. The maximum Gasteiger partial charge on any atom is 0.231 e. The first-order valence-corrected chi connectivity index (χ1v) is 8.35. The summed E-state index contributed by atoms with van der Waals surface area (Å²) in [7, 11) is 3.15. The lowest BCUT2D eigenvalue weighted by Gasteiger charge is -2.40. The number of hydrogen-bond donors (Lipinski definition) is 1. The van der Waals surface area contributed by atoms with Crippen molar-refractivity contribution in [2.45, 2.75) is 31.2 Å². The number of hydrogen-bond acceptors (Lipinski definition) is 3. The summed E-state index contributed by atoms with van der Waals surface area (Å²) in [5, 5.41) is 2.95. The summed E-state index contributed by atoms with van der Waals surface area (Å²) in [5.41, 5.74) is 0.641. The Morgan fingerprint density at radius 1 is 1.12 bits per heavy atom. The van der Waals surface area contributed by atoms with Gasteiger partial charge in [0.25, 0.3) is 0 Å². The molecule has 2 aromatic rings. The van der Waals surface area contributed by atoms with Gasteiger partial charge in [0, 0.05) is 12.1 Å². The van der Waals surface area contributed by atoms with Crippen LogP contribution in [0.3, 0.4) is 0 Å². The number of halogens is 1. The molecule has 1 saturated carbocycles. The van der Waals surface area contributed by atoms with E-state index in [1.165, 1.54) is 6.07 Å². The van der Waals surface area contributed by atoms with Crippen molar-refractivity contribution >= 4 is 5.91 Å². The van der Waals surface area contributed by atoms with Gasteiger partial charge in [-0.15, -0.1) is 0 Å². The topological polar surface area (TPSA) is 47.6 Å². The molecular formula is C20H22FNO3. The van der Waals surface area contributed by atoms with Gasteiger partial charge in [0.2, 0.25) is 5.91 Å². The van der Waals surface area contributed by atoms with Crippen LogP contribution in [-0.4, -0.2) is 20.1 Å². The molecule has 2 aromatic carbocycles. The maximum absolute atomic E-state index is 14.2. The van der Waals surface area contributed by atoms with Gasteiger partial charge in [-0.2, -0.15) is 0 Å². The molecule has 0 unspecified atom stereocenters. The molecule has 1 aliphatic carbocycles. The van der Waals surface area contributed by atoms with Gasteiger partial charge in [0.15, 0.2) is 11.5 Å². The van der Waals surface area contributed by atoms with Crippen LogP contribution in [-0.2, 0) is 16.8 Å². The molecule has 1 amide bonds. The summed E-state index contributed by atoms with van der Waals surface area (Å²) in [6.07, 6.45) is 2.27. The number of methoxy groups -OCH3 is 2. The van der Waals surface area contributed by atoms with E-state index in [4.69, 9.17) is 9.47 Å². The van der Waals surface area contributed by atoms with Crippen LogP contribution in [0.1, 0.15) is 30.4 Å². The van der Waals surface area contributed by atoms with Crippen molar-refractivity contribution in [2.75, 3.05) is 14.2 Å². The third-order valence-electron chi connectivity index (χ3n) is 4.93. The fraction of sp³-hybridized carbons (Fsp3) is 0.350. The number of carbonyl (C=O) groups excluding carboxylic acids is 1. The van der Waals surface area contributed by atoms with Gasteiger partial charge < -0.3 is 14.8 Å². The average Bonchev–Trinajstić information content (AvgIpc) is 2.60. The lowest BCUT2D eigenvalue weighted by molar-refractivity contribution is -0.130. The van der Waals surface area contributed by atoms with Crippen molar-refractivity contribution in [3.8, 4) is 11.5 Å². The predicted molar refractivity (Wildman–Crippen MR) is 93.3 cm³/mol. The van der Waals surface area contributed by atoms with Gasteiger partial charge in [0.1, 0.15) is 5.82 Å². The van der Waals surface area contributed by atoms with Crippen molar-refractivity contribution in [3.05, 3.63) is 59.4 Å². The van der Waals surface area contributed by atoms with E-state index < -0.39 is 5.41 Å². The standard InChI is InChI=1S/C20H22FNO3/c1-24-17-9-8-14(12-18(17)25-2)13-22-19(23)20(10-5-11-20)15-6-3-4-7-16(15)21/h3-4,6-9,12H,5,10-11,13H2,1-2H3,(H,22,23). The quantitative estimate of drug-likeness (QED) is 0.872. The third kappa shape index (κ3) is 3.18. The maximum atomic E-state index is 14.2. The highest BCUT2D eigenvalue weighted by molar-refractivity contribution is 5.89. The second-order valence-corrected chi connectivity index (χ2v) is 6.29. The summed E-state index contributed by atoms with van der Waals surface area (Å²) in [5.74, 6) is 0.809. The van der Waals surface area contributed by atoms with E-state index in [0.29, 0.717) is 36.4 Å². The van der Waals surface area contributed by atoms with Gasteiger partial charge >= 0.3 is 0 Å². The first-order valence-electron chi connectivity index (χ1n) is 8.35. The van der Waals surface area contributed by atoms with Crippen LogP contribution in [0.25, 0.3) is 0 Å². The van der Waals surface area contributed by atoms with Crippen LogP contribution in [0.2, 0.25) is 0 Å². The van der Waals surface area contributed by atoms with Crippen molar-refractivity contribution < 1.29 is 18.7 Å². The normalized spacial score (nSPS) is 15.2. The largest absolute Gasteiger partial charge is 0.493 e. The monoisotopic (exact) mass is 343 g/mol. The van der Waals surface area contributed by atoms with Crippen LogP contribution < -0.4 is 14.8 Å². The molecule has 3 rings (SSSR count). The van der Waals surface area contributed by atoms with Crippen molar-refractivity contribution in [1.82, 2.24) is 5.32 Å². The predicted octanol–water partition coefficient (Wildman–Crippen LogP) is 3.58. The molecular weight excluding hydrogens is 321 g/mol. The van der Waals surface area contributed by atoms with Crippen LogP contribution >= 0.6 is 0 Å². The fourth-order valence-corrected chi connectivity index (χ4v) is 3.34. The van der Waals surface area contributed by atoms with E-state index in [0.717, 1.165) is 12.0 Å². The molecule has 0 saturated heterocycles. The second kappa shape index (κ2) is 7.13. The minimum Gasteiger partial charge on any atom is -0.493 e. The van der Waals surface area contributed by atoms with Gasteiger partial charge in [-0.05, 0) is 36.6 Å². The van der Waals surface area contributed by atoms with Crippen LogP contribution in [0, 0.1) is 5.82 Å². The highest BCUT2D eigenvalue weighted by Gasteiger charge is 2.46. The molecule has 1 N–H and O–H groups in total. The third-order valence-corrected chi connectivity index (χ3v) is 4.93. The highest BCUT2D eigenvalue weighted by Crippen LogP contribution is 2.45. The summed E-state index contributed by atoms with van der Waals surface area (Å²) in [6, 6.07) is 12.1. The molecule has 0 radical (unpaired) electrons. The van der Waals surface area contributed by atoms with Gasteiger partial charge in [-0.1, -0.05) is 30.7 Å². The average molecular weight is 343 g/mol. The SMILES string of the molecule is COc1ccc(CNC(=O)C2(c3ccccc3F)CCC2)cc1OC. The lowest BCUT2D eigenvalue weighted by Crippen LogP contribution is -2.49. The van der Waals surface area contributed by atoms with Gasteiger partial charge in [0.05, 0.1) is 19.6 Å². The van der Waals surface area contributed by atoms with Crippen LogP contribution in [0.15, 0.2) is 42.5 Å². The Morgan fingerprint density at radius 2 is 1.84 bits per heavy atom. The minimum atomic E-state index is -0.748. The zero-order valence-electron chi connectivity index (χ0n) is 14.5. The van der Waals surface area contributed by atoms with Gasteiger partial charge in [-0.3, -0.25) is 4.79 Å². The molecule has 0 aliphatic heterocycles. The van der Waals surface area contributed by atoms with Gasteiger partial charge in [-0.25, -0.2) is 4.39 Å². The Morgan fingerprint density at radius 3 is 2.44 bits per heavy atom. The molecule has 4 nitrogen and oxygen atoms in total. The van der Waals surface area contributed by atoms with E-state index in [-0.39, 0.29) is 11.7 Å². The Kier molecular flexibility index (Phi) is 4.93. The summed E-state index contributed by atoms with van der Waals surface area (Å²) in [4.78, 5) is 12.8. The number of amides is 1. The minimum absolute atomic E-state index is 0.126. The summed E-state index contributed by atoms with van der Waals surface area (Å²) in [6.45, 7) is 0.357. The Bertz CT molecular complexity index is 771. The number of nitrogens with one attached hydrogen (secondary N) is 1. The van der Waals surface area contributed by atoms with Crippen LogP contribution in [0.4, 0.5) is 4.39 Å². The summed E-state index contributed by atoms with van der Waals surface area (Å²) >= 11 is 0. The van der Waals surface area contributed by atoms with Crippen molar-refractivity contribution in [3.63, 3.8) is 0 Å². The molecule has 5 heteroatoms. The first kappa shape index (κ1) is 17.3. The number of rotatable bonds is 6. The molecule has 0 spiro atoms. The molecule has 0 heterocycles. The van der Waals surface area contributed by atoms with Crippen molar-refractivity contribution in [1.29, 1.82) is 0 Å². The first-order chi connectivity index (χ1) is 12.1. The van der Waals surface area contributed by atoms with Crippen molar-refractivity contribution in [2.24, 2.45) is 0 Å². The Balaban J connectivity index is 1.75. The lowest BCUT2D eigenvalue weighted by atomic mass is 9.63. The molecule has 0 aromatic heterocycles. The van der Waals surface area contributed by atoms with E-state index in [1.54, 1.807) is 38.5 Å².